The van der Waals surface area contributed by atoms with Gasteiger partial charge in [0.15, 0.2) is 0 Å². The lowest BCUT2D eigenvalue weighted by Crippen LogP contribution is -2.25. The summed E-state index contributed by atoms with van der Waals surface area (Å²) in [7, 11) is -3.38. The average molecular weight is 189 g/mol. The molecule has 0 radical (unpaired) electrons. The minimum absolute atomic E-state index is 0.0602. The number of nitrogens with one attached hydrogen (secondary N) is 1. The number of rotatable bonds is 1. The van der Waals surface area contributed by atoms with Crippen LogP contribution in [0.15, 0.2) is 16.2 Å². The Bertz CT molecular complexity index is 340. The molecule has 0 saturated heterocycles. The second-order valence-corrected chi connectivity index (χ2v) is 4.48. The minimum atomic E-state index is -3.38. The largest absolute Gasteiger partial charge is 0.385 e. The predicted molar refractivity (Wildman–Crippen MR) is 46.9 cm³/mol. The highest BCUT2D eigenvalue weighted by Crippen LogP contribution is 2.06. The molecule has 0 spiro atoms. The Morgan fingerprint density at radius 1 is 1.58 bits per heavy atom. The molecular formula is C6H11N3O2S. The molecule has 1 aliphatic heterocycles. The van der Waals surface area contributed by atoms with Gasteiger partial charge in [0.2, 0.25) is 15.0 Å². The number of aliphatic imine (C=N–C) groups is 1. The second-order valence-electron chi connectivity index (χ2n) is 2.77. The maximum atomic E-state index is 11.2. The van der Waals surface area contributed by atoms with Crippen molar-refractivity contribution in [1.82, 2.24) is 5.32 Å². The Hall–Kier alpha value is -1.04. The molecule has 68 valence electrons. The average Bonchev–Trinajstić information content (AvgIpc) is 2.04. The fourth-order valence-corrected chi connectivity index (χ4v) is 1.91. The highest BCUT2D eigenvalue weighted by atomic mass is 32.2. The molecule has 6 heteroatoms. The fraction of sp³-hybridized carbons (Fsp3) is 0.500. The Labute approximate surface area is 71.3 Å². The summed E-state index contributed by atoms with van der Waals surface area (Å²) in [5.74, 6) is 0.120. The fourth-order valence-electron chi connectivity index (χ4n) is 0.787. The van der Waals surface area contributed by atoms with Gasteiger partial charge >= 0.3 is 0 Å². The van der Waals surface area contributed by atoms with Crippen molar-refractivity contribution in [2.45, 2.75) is 19.9 Å². The predicted octanol–water partition coefficient (Wildman–Crippen LogP) is -0.474. The molecule has 0 aromatic heterocycles. The van der Waals surface area contributed by atoms with Crippen molar-refractivity contribution in [3.63, 3.8) is 0 Å². The van der Waals surface area contributed by atoms with E-state index in [-0.39, 0.29) is 17.0 Å². The van der Waals surface area contributed by atoms with Crippen LogP contribution in [-0.4, -0.2) is 19.6 Å². The lowest BCUT2D eigenvalue weighted by Gasteiger charge is -2.00. The first kappa shape index (κ1) is 9.05. The van der Waals surface area contributed by atoms with Gasteiger partial charge in [-0.05, 0) is 13.8 Å². The summed E-state index contributed by atoms with van der Waals surface area (Å²) < 4.78 is 22.3. The van der Waals surface area contributed by atoms with E-state index < -0.39 is 9.84 Å². The Balaban J connectivity index is 3.02. The Morgan fingerprint density at radius 3 is 2.50 bits per heavy atom. The summed E-state index contributed by atoms with van der Waals surface area (Å²) in [5, 5.41) is 3.38. The third-order valence-electron chi connectivity index (χ3n) is 1.18. The van der Waals surface area contributed by atoms with Crippen molar-refractivity contribution in [1.29, 1.82) is 0 Å². The molecule has 1 aliphatic rings. The quantitative estimate of drug-likeness (QED) is 0.584. The topological polar surface area (TPSA) is 84.5 Å². The van der Waals surface area contributed by atoms with Crippen molar-refractivity contribution in [2.24, 2.45) is 10.7 Å². The van der Waals surface area contributed by atoms with E-state index in [4.69, 9.17) is 5.73 Å². The Kier molecular flexibility index (Phi) is 2.10. The zero-order chi connectivity index (χ0) is 9.35. The molecule has 5 nitrogen and oxygen atoms in total. The molecule has 0 amide bonds. The van der Waals surface area contributed by atoms with Crippen molar-refractivity contribution in [2.75, 3.05) is 0 Å². The van der Waals surface area contributed by atoms with Crippen molar-refractivity contribution < 1.29 is 8.42 Å². The maximum Gasteiger partial charge on any atom is 0.236 e. The molecule has 0 saturated carbocycles. The monoisotopic (exact) mass is 189 g/mol. The first-order valence-electron chi connectivity index (χ1n) is 3.49. The highest BCUT2D eigenvalue weighted by molar-refractivity contribution is 8.09. The summed E-state index contributed by atoms with van der Waals surface area (Å²) >= 11 is 0. The molecular weight excluding hydrogens is 178 g/mol. The summed E-state index contributed by atoms with van der Waals surface area (Å²) in [4.78, 5) is 3.87. The third kappa shape index (κ3) is 1.76. The summed E-state index contributed by atoms with van der Waals surface area (Å²) in [6, 6.07) is -0.0680. The van der Waals surface area contributed by atoms with Crippen LogP contribution in [0.25, 0.3) is 0 Å². The van der Waals surface area contributed by atoms with Crippen LogP contribution in [0.4, 0.5) is 0 Å². The van der Waals surface area contributed by atoms with Crippen molar-refractivity contribution >= 4 is 15.0 Å². The van der Waals surface area contributed by atoms with Crippen LogP contribution in [0.1, 0.15) is 13.8 Å². The molecule has 1 heterocycles. The van der Waals surface area contributed by atoms with Gasteiger partial charge in [0.25, 0.3) is 0 Å². The maximum absolute atomic E-state index is 11.2. The first-order chi connectivity index (χ1) is 5.42. The van der Waals surface area contributed by atoms with Crippen LogP contribution >= 0.6 is 0 Å². The number of hydrogen-bond acceptors (Lipinski definition) is 4. The van der Waals surface area contributed by atoms with Crippen LogP contribution in [0.3, 0.4) is 0 Å². The normalized spacial score (nSPS) is 24.2. The summed E-state index contributed by atoms with van der Waals surface area (Å²) in [6.45, 7) is 3.58. The second kappa shape index (κ2) is 2.78. The van der Waals surface area contributed by atoms with Crippen molar-refractivity contribution in [3.8, 4) is 0 Å². The number of hydrogen-bond donors (Lipinski definition) is 2. The molecule has 0 atom stereocenters. The lowest BCUT2D eigenvalue weighted by atomic mass is 10.4. The van der Waals surface area contributed by atoms with Gasteiger partial charge in [-0.25, -0.2) is 8.42 Å². The lowest BCUT2D eigenvalue weighted by molar-refractivity contribution is 0.614. The van der Waals surface area contributed by atoms with Gasteiger partial charge in [-0.3, -0.25) is 4.99 Å². The van der Waals surface area contributed by atoms with E-state index >= 15 is 0 Å². The van der Waals surface area contributed by atoms with Crippen LogP contribution in [0.2, 0.25) is 0 Å². The zero-order valence-corrected chi connectivity index (χ0v) is 7.72. The molecule has 0 aliphatic carbocycles. The van der Waals surface area contributed by atoms with Gasteiger partial charge < -0.3 is 11.1 Å². The molecule has 3 N–H and O–H groups in total. The van der Waals surface area contributed by atoms with Crippen LogP contribution in [0.5, 0.6) is 0 Å². The van der Waals surface area contributed by atoms with Gasteiger partial charge in [-0.15, -0.1) is 0 Å². The van der Waals surface area contributed by atoms with E-state index in [2.05, 4.69) is 10.3 Å². The third-order valence-corrected chi connectivity index (χ3v) is 2.49. The van der Waals surface area contributed by atoms with E-state index in [0.29, 0.717) is 0 Å². The number of amidine groups is 1. The molecule has 1 rings (SSSR count). The van der Waals surface area contributed by atoms with E-state index in [1.165, 1.54) is 0 Å². The first-order valence-corrected chi connectivity index (χ1v) is 5.03. The number of nitrogens with zero attached hydrogens (tertiary/aromatic N) is 1. The van der Waals surface area contributed by atoms with Crippen LogP contribution in [-0.2, 0) is 9.84 Å². The zero-order valence-electron chi connectivity index (χ0n) is 6.90. The molecule has 0 unspecified atom stereocenters. The van der Waals surface area contributed by atoms with Gasteiger partial charge in [0.05, 0.1) is 5.41 Å². The van der Waals surface area contributed by atoms with Gasteiger partial charge in [-0.2, -0.15) is 0 Å². The summed E-state index contributed by atoms with van der Waals surface area (Å²) in [5.41, 5.74) is 5.27. The molecule has 0 bridgehead atoms. The van der Waals surface area contributed by atoms with Crippen LogP contribution in [0, 0.1) is 0 Å². The van der Waals surface area contributed by atoms with Crippen LogP contribution < -0.4 is 11.1 Å². The van der Waals surface area contributed by atoms with Gasteiger partial charge in [-0.1, -0.05) is 0 Å². The molecule has 12 heavy (non-hydrogen) atoms. The number of sulfone groups is 1. The minimum Gasteiger partial charge on any atom is -0.385 e. The Morgan fingerprint density at radius 2 is 2.17 bits per heavy atom. The SMILES string of the molecule is CC(C)N=C1NC(N)=CS1(=O)=O. The van der Waals surface area contributed by atoms with E-state index in [0.717, 1.165) is 5.41 Å². The molecule has 0 aromatic carbocycles. The van der Waals surface area contributed by atoms with E-state index in [1.807, 2.05) is 0 Å². The van der Waals surface area contributed by atoms with E-state index in [9.17, 15) is 8.42 Å². The standard InChI is InChI=1S/C6H11N3O2S/c1-4(2)8-6-9-5(7)3-12(6,10)11/h3-4H,7H2,1-2H3,(H,8,9). The van der Waals surface area contributed by atoms with E-state index in [1.54, 1.807) is 13.8 Å². The molecule has 0 aromatic rings. The van der Waals surface area contributed by atoms with Gasteiger partial charge in [0.1, 0.15) is 5.82 Å². The molecule has 0 fully saturated rings. The summed E-state index contributed by atoms with van der Waals surface area (Å²) in [6.07, 6.45) is 0. The smallest absolute Gasteiger partial charge is 0.236 e. The number of nitrogens with two attached hydrogens (primary N) is 1. The highest BCUT2D eigenvalue weighted by Gasteiger charge is 2.24. The van der Waals surface area contributed by atoms with Crippen molar-refractivity contribution in [3.05, 3.63) is 11.2 Å². The van der Waals surface area contributed by atoms with Gasteiger partial charge in [0, 0.05) is 6.04 Å².